The minimum atomic E-state index is -0.234. The molecule has 7 heteroatoms. The molecule has 6 nitrogen and oxygen atoms in total. The number of nitrogens with one attached hydrogen (secondary N) is 1. The molecular weight excluding hydrogens is 378 g/mol. The topological polar surface area (TPSA) is 61.9 Å². The summed E-state index contributed by atoms with van der Waals surface area (Å²) in [6.45, 7) is 4.64. The van der Waals surface area contributed by atoms with Crippen LogP contribution in [0.1, 0.15) is 13.3 Å². The van der Waals surface area contributed by atoms with Gasteiger partial charge in [0.05, 0.1) is 11.4 Å². The maximum Gasteiger partial charge on any atom is 0.262 e. The van der Waals surface area contributed by atoms with Crippen LogP contribution in [0.2, 0.25) is 5.02 Å². The average molecular weight is 402 g/mol. The molecule has 1 aliphatic rings. The zero-order chi connectivity index (χ0) is 19.9. The number of para-hydroxylation sites is 2. The van der Waals surface area contributed by atoms with Crippen LogP contribution in [0.25, 0.3) is 0 Å². The normalized spacial score (nSPS) is 13.9. The third-order valence-corrected chi connectivity index (χ3v) is 4.89. The van der Waals surface area contributed by atoms with Gasteiger partial charge in [-0.25, -0.2) is 0 Å². The van der Waals surface area contributed by atoms with Crippen molar-refractivity contribution in [2.24, 2.45) is 0 Å². The van der Waals surface area contributed by atoms with E-state index in [0.29, 0.717) is 30.3 Å². The second-order valence-electron chi connectivity index (χ2n) is 6.53. The molecule has 0 bridgehead atoms. The third kappa shape index (κ3) is 5.16. The number of amides is 2. The van der Waals surface area contributed by atoms with E-state index in [1.807, 2.05) is 36.1 Å². The highest BCUT2D eigenvalue weighted by molar-refractivity contribution is 6.30. The van der Waals surface area contributed by atoms with Crippen molar-refractivity contribution in [2.75, 3.05) is 43.0 Å². The zero-order valence-corrected chi connectivity index (χ0v) is 16.6. The Labute approximate surface area is 170 Å². The van der Waals surface area contributed by atoms with Gasteiger partial charge in [-0.15, -0.1) is 0 Å². The van der Waals surface area contributed by atoms with Crippen molar-refractivity contribution in [2.45, 2.75) is 13.3 Å². The number of halogens is 1. The van der Waals surface area contributed by atoms with E-state index in [1.54, 1.807) is 24.3 Å². The van der Waals surface area contributed by atoms with Crippen molar-refractivity contribution < 1.29 is 14.3 Å². The summed E-state index contributed by atoms with van der Waals surface area (Å²) >= 11 is 5.85. The predicted octanol–water partition coefficient (Wildman–Crippen LogP) is 3.42. The first-order valence-corrected chi connectivity index (χ1v) is 9.74. The van der Waals surface area contributed by atoms with Gasteiger partial charge in [-0.2, -0.15) is 0 Å². The molecule has 2 aromatic rings. The van der Waals surface area contributed by atoms with Crippen LogP contribution in [0, 0.1) is 0 Å². The maximum atomic E-state index is 12.3. The lowest BCUT2D eigenvalue weighted by Gasteiger charge is -2.36. The summed E-state index contributed by atoms with van der Waals surface area (Å²) in [5.74, 6) is 0.535. The van der Waals surface area contributed by atoms with E-state index in [2.05, 4.69) is 10.2 Å². The summed E-state index contributed by atoms with van der Waals surface area (Å²) in [5, 5.41) is 3.54. The molecule has 148 valence electrons. The monoisotopic (exact) mass is 401 g/mol. The minimum absolute atomic E-state index is 0.0885. The summed E-state index contributed by atoms with van der Waals surface area (Å²) in [6, 6.07) is 14.6. The molecule has 2 aromatic carbocycles. The van der Waals surface area contributed by atoms with Gasteiger partial charge in [-0.1, -0.05) is 30.7 Å². The van der Waals surface area contributed by atoms with E-state index in [4.69, 9.17) is 16.3 Å². The molecule has 1 aliphatic heterocycles. The summed E-state index contributed by atoms with van der Waals surface area (Å²) in [7, 11) is 0. The Hall–Kier alpha value is -2.73. The van der Waals surface area contributed by atoms with Crippen LogP contribution in [-0.2, 0) is 9.59 Å². The fourth-order valence-corrected chi connectivity index (χ4v) is 3.27. The average Bonchev–Trinajstić information content (AvgIpc) is 2.73. The van der Waals surface area contributed by atoms with Crippen molar-refractivity contribution >= 4 is 34.8 Å². The quantitative estimate of drug-likeness (QED) is 0.805. The number of rotatable bonds is 6. The highest BCUT2D eigenvalue weighted by atomic mass is 35.5. The zero-order valence-electron chi connectivity index (χ0n) is 15.9. The van der Waals surface area contributed by atoms with E-state index in [-0.39, 0.29) is 18.4 Å². The van der Waals surface area contributed by atoms with E-state index in [1.165, 1.54) is 0 Å². The molecule has 1 N–H and O–H groups in total. The van der Waals surface area contributed by atoms with Gasteiger partial charge in [-0.3, -0.25) is 9.59 Å². The lowest BCUT2D eigenvalue weighted by atomic mass is 10.2. The molecule has 1 saturated heterocycles. The van der Waals surface area contributed by atoms with E-state index >= 15 is 0 Å². The third-order valence-electron chi connectivity index (χ3n) is 4.64. The Kier molecular flexibility index (Phi) is 6.76. The van der Waals surface area contributed by atoms with E-state index in [9.17, 15) is 9.59 Å². The maximum absolute atomic E-state index is 12.3. The number of hydrogen-bond donors (Lipinski definition) is 1. The van der Waals surface area contributed by atoms with Crippen LogP contribution in [0.3, 0.4) is 0 Å². The number of carbonyl (C=O) groups is 2. The lowest BCUT2D eigenvalue weighted by molar-refractivity contribution is -0.131. The molecule has 1 fully saturated rings. The number of hydrogen-bond acceptors (Lipinski definition) is 4. The molecule has 0 saturated carbocycles. The first kappa shape index (κ1) is 20.0. The van der Waals surface area contributed by atoms with Crippen LogP contribution in [0.15, 0.2) is 48.5 Å². The van der Waals surface area contributed by atoms with Crippen molar-refractivity contribution in [1.82, 2.24) is 4.90 Å². The fourth-order valence-electron chi connectivity index (χ4n) is 3.14. The molecule has 2 amide bonds. The van der Waals surface area contributed by atoms with Crippen molar-refractivity contribution in [3.8, 4) is 5.75 Å². The number of benzene rings is 2. The highest BCUT2D eigenvalue weighted by Gasteiger charge is 2.22. The number of nitrogens with zero attached hydrogens (tertiary/aromatic N) is 2. The van der Waals surface area contributed by atoms with Gasteiger partial charge < -0.3 is 19.9 Å². The number of piperazine rings is 1. The second-order valence-corrected chi connectivity index (χ2v) is 6.97. The Balaban J connectivity index is 1.58. The fraction of sp³-hybridized carbons (Fsp3) is 0.333. The summed E-state index contributed by atoms with van der Waals surface area (Å²) in [5.41, 5.74) is 1.69. The number of anilines is 2. The number of carbonyl (C=O) groups excluding carboxylic acids is 2. The van der Waals surface area contributed by atoms with Crippen LogP contribution < -0.4 is 15.0 Å². The van der Waals surface area contributed by atoms with Crippen molar-refractivity contribution in [3.63, 3.8) is 0 Å². The first-order valence-electron chi connectivity index (χ1n) is 9.37. The Morgan fingerprint density at radius 3 is 2.39 bits per heavy atom. The molecular formula is C21H24ClN3O3. The van der Waals surface area contributed by atoms with Gasteiger partial charge in [0, 0.05) is 37.6 Å². The van der Waals surface area contributed by atoms with Crippen LogP contribution >= 0.6 is 11.6 Å². The van der Waals surface area contributed by atoms with Gasteiger partial charge in [0.25, 0.3) is 5.91 Å². The molecule has 28 heavy (non-hydrogen) atoms. The summed E-state index contributed by atoms with van der Waals surface area (Å²) in [4.78, 5) is 28.3. The van der Waals surface area contributed by atoms with Gasteiger partial charge in [0.2, 0.25) is 5.91 Å². The van der Waals surface area contributed by atoms with Crippen molar-refractivity contribution in [3.05, 3.63) is 53.6 Å². The summed E-state index contributed by atoms with van der Waals surface area (Å²) in [6.07, 6.45) is 0.528. The van der Waals surface area contributed by atoms with Gasteiger partial charge >= 0.3 is 0 Å². The van der Waals surface area contributed by atoms with Gasteiger partial charge in [-0.05, 0) is 36.4 Å². The summed E-state index contributed by atoms with van der Waals surface area (Å²) < 4.78 is 5.50. The molecule has 1 heterocycles. The van der Waals surface area contributed by atoms with Crippen LogP contribution in [0.4, 0.5) is 11.4 Å². The van der Waals surface area contributed by atoms with Crippen molar-refractivity contribution in [1.29, 1.82) is 0 Å². The molecule has 0 spiro atoms. The van der Waals surface area contributed by atoms with E-state index in [0.717, 1.165) is 24.5 Å². The molecule has 0 aromatic heterocycles. The van der Waals surface area contributed by atoms with Gasteiger partial charge in [0.15, 0.2) is 6.61 Å². The lowest BCUT2D eigenvalue weighted by Crippen LogP contribution is -2.48. The highest BCUT2D eigenvalue weighted by Crippen LogP contribution is 2.27. The molecule has 0 radical (unpaired) electrons. The predicted molar refractivity (Wildman–Crippen MR) is 111 cm³/mol. The SMILES string of the molecule is CCC(=O)N1CCN(c2ccccc2NC(=O)COc2ccc(Cl)cc2)CC1. The Bertz CT molecular complexity index is 818. The minimum Gasteiger partial charge on any atom is -0.484 e. The standard InChI is InChI=1S/C21H24ClN3O3/c1-2-21(27)25-13-11-24(12-14-25)19-6-4-3-5-18(19)23-20(26)15-28-17-9-7-16(22)8-10-17/h3-10H,2,11-15H2,1H3,(H,23,26). The molecule has 0 aliphatic carbocycles. The molecule has 3 rings (SSSR count). The number of ether oxygens (including phenoxy) is 1. The first-order chi connectivity index (χ1) is 13.6. The van der Waals surface area contributed by atoms with Crippen LogP contribution in [0.5, 0.6) is 5.75 Å². The van der Waals surface area contributed by atoms with Crippen LogP contribution in [-0.4, -0.2) is 49.5 Å². The Morgan fingerprint density at radius 2 is 1.71 bits per heavy atom. The Morgan fingerprint density at radius 1 is 1.04 bits per heavy atom. The second kappa shape index (κ2) is 9.46. The van der Waals surface area contributed by atoms with Gasteiger partial charge in [0.1, 0.15) is 5.75 Å². The molecule has 0 atom stereocenters. The molecule has 0 unspecified atom stereocenters. The largest absolute Gasteiger partial charge is 0.484 e. The van der Waals surface area contributed by atoms with E-state index < -0.39 is 0 Å². The smallest absolute Gasteiger partial charge is 0.262 e.